The molecule has 0 aliphatic heterocycles. The quantitative estimate of drug-likeness (QED) is 0.833. The number of carbonyl (C=O) groups excluding carboxylic acids is 1. The summed E-state index contributed by atoms with van der Waals surface area (Å²) in [6, 6.07) is 4.81. The zero-order chi connectivity index (χ0) is 13.9. The highest BCUT2D eigenvalue weighted by atomic mass is 35.5. The summed E-state index contributed by atoms with van der Waals surface area (Å²) in [6.45, 7) is 3.45. The van der Waals surface area contributed by atoms with Gasteiger partial charge in [-0.2, -0.15) is 0 Å². The van der Waals surface area contributed by atoms with Crippen LogP contribution in [-0.4, -0.2) is 23.5 Å². The summed E-state index contributed by atoms with van der Waals surface area (Å²) in [5.41, 5.74) is 5.12. The van der Waals surface area contributed by atoms with Crippen LogP contribution in [-0.2, 0) is 0 Å². The van der Waals surface area contributed by atoms with Gasteiger partial charge in [0, 0.05) is 5.02 Å². The van der Waals surface area contributed by atoms with Gasteiger partial charge in [0.15, 0.2) is 0 Å². The van der Waals surface area contributed by atoms with Crippen LogP contribution in [0.15, 0.2) is 18.2 Å². The molecule has 0 unspecified atom stereocenters. The number of ether oxygens (including phenoxy) is 1. The summed E-state index contributed by atoms with van der Waals surface area (Å²) >= 11 is 10.8. The number of hydrogen-bond donors (Lipinski definition) is 2. The Morgan fingerprint density at radius 2 is 2.11 bits per heavy atom. The third-order valence-electron chi connectivity index (χ3n) is 2.45. The van der Waals surface area contributed by atoms with E-state index in [1.165, 1.54) is 13.2 Å². The minimum atomic E-state index is -0.778. The van der Waals surface area contributed by atoms with Crippen molar-refractivity contribution >= 4 is 34.7 Å². The van der Waals surface area contributed by atoms with Crippen LogP contribution in [0.1, 0.15) is 24.2 Å². The first kappa shape index (κ1) is 14.7. The predicted octanol–water partition coefficient (Wildman–Crippen LogP) is 2.14. The van der Waals surface area contributed by atoms with Crippen molar-refractivity contribution in [1.82, 2.24) is 5.32 Å². The lowest BCUT2D eigenvalue weighted by Crippen LogP contribution is -2.52. The lowest BCUT2D eigenvalue weighted by molar-refractivity contribution is 0.0929. The Hall–Kier alpha value is -1.33. The fourth-order valence-electron chi connectivity index (χ4n) is 1.27. The molecule has 0 saturated carbocycles. The molecule has 0 saturated heterocycles. The summed E-state index contributed by atoms with van der Waals surface area (Å²) in [5.74, 6) is 0.0998. The molecule has 0 aliphatic carbocycles. The molecular weight excluding hydrogens is 272 g/mol. The smallest absolute Gasteiger partial charge is 0.255 e. The second-order valence-corrected chi connectivity index (χ2v) is 5.16. The summed E-state index contributed by atoms with van der Waals surface area (Å²) in [5, 5.41) is 3.18. The van der Waals surface area contributed by atoms with E-state index in [4.69, 9.17) is 34.3 Å². The van der Waals surface area contributed by atoms with E-state index in [1.54, 1.807) is 26.0 Å². The Labute approximate surface area is 116 Å². The largest absolute Gasteiger partial charge is 0.496 e. The molecule has 0 fully saturated rings. The van der Waals surface area contributed by atoms with Gasteiger partial charge >= 0.3 is 0 Å². The van der Waals surface area contributed by atoms with Crippen LogP contribution in [0.25, 0.3) is 0 Å². The number of carbonyl (C=O) groups is 1. The van der Waals surface area contributed by atoms with Crippen LogP contribution < -0.4 is 15.8 Å². The average molecular weight is 287 g/mol. The maximum Gasteiger partial charge on any atom is 0.255 e. The summed E-state index contributed by atoms with van der Waals surface area (Å²) in [6.07, 6.45) is 0. The Morgan fingerprint density at radius 1 is 1.50 bits per heavy atom. The number of methoxy groups -OCH3 is 1. The first-order valence-corrected chi connectivity index (χ1v) is 6.02. The minimum Gasteiger partial charge on any atom is -0.496 e. The predicted molar refractivity (Wildman–Crippen MR) is 76.3 cm³/mol. The highest BCUT2D eigenvalue weighted by Gasteiger charge is 2.25. The number of nitrogens with one attached hydrogen (secondary N) is 1. The van der Waals surface area contributed by atoms with E-state index < -0.39 is 5.54 Å². The lowest BCUT2D eigenvalue weighted by Gasteiger charge is -2.25. The summed E-state index contributed by atoms with van der Waals surface area (Å²) in [7, 11) is 1.48. The second-order valence-electron chi connectivity index (χ2n) is 4.29. The minimum absolute atomic E-state index is 0.205. The number of rotatable bonds is 4. The molecule has 3 N–H and O–H groups in total. The van der Waals surface area contributed by atoms with Gasteiger partial charge < -0.3 is 15.8 Å². The van der Waals surface area contributed by atoms with Gasteiger partial charge in [-0.15, -0.1) is 0 Å². The molecule has 1 aromatic rings. The number of benzene rings is 1. The van der Waals surface area contributed by atoms with Crippen LogP contribution in [0.3, 0.4) is 0 Å². The third-order valence-corrected chi connectivity index (χ3v) is 3.19. The van der Waals surface area contributed by atoms with E-state index in [2.05, 4.69) is 5.32 Å². The molecule has 1 rings (SSSR count). The van der Waals surface area contributed by atoms with Crippen molar-refractivity contribution in [2.24, 2.45) is 5.73 Å². The zero-order valence-corrected chi connectivity index (χ0v) is 12.0. The first-order valence-electron chi connectivity index (χ1n) is 5.24. The number of halogens is 1. The Bertz CT molecular complexity index is 489. The van der Waals surface area contributed by atoms with Gasteiger partial charge in [0.05, 0.1) is 23.2 Å². The molecule has 18 heavy (non-hydrogen) atoms. The van der Waals surface area contributed by atoms with Crippen LogP contribution in [0, 0.1) is 0 Å². The molecule has 0 aliphatic rings. The average Bonchev–Trinajstić information content (AvgIpc) is 2.28. The van der Waals surface area contributed by atoms with Crippen LogP contribution in [0.5, 0.6) is 5.75 Å². The molecule has 98 valence electrons. The third kappa shape index (κ3) is 3.34. The highest BCUT2D eigenvalue weighted by molar-refractivity contribution is 7.80. The Kier molecular flexibility index (Phi) is 4.53. The highest BCUT2D eigenvalue weighted by Crippen LogP contribution is 2.23. The molecule has 1 aromatic carbocycles. The lowest BCUT2D eigenvalue weighted by atomic mass is 10.0. The number of nitrogens with two attached hydrogens (primary N) is 1. The number of thiocarbonyl (C=S) groups is 1. The maximum absolute atomic E-state index is 12.1. The molecule has 1 amide bonds. The van der Waals surface area contributed by atoms with Crippen LogP contribution >= 0.6 is 23.8 Å². The maximum atomic E-state index is 12.1. The van der Waals surface area contributed by atoms with E-state index in [1.807, 2.05) is 0 Å². The SMILES string of the molecule is COc1ccc(Cl)cc1C(=O)NC(C)(C)C(N)=S. The molecule has 0 heterocycles. The Morgan fingerprint density at radius 3 is 2.61 bits per heavy atom. The summed E-state index contributed by atoms with van der Waals surface area (Å²) in [4.78, 5) is 12.3. The van der Waals surface area contributed by atoms with Crippen molar-refractivity contribution in [2.75, 3.05) is 7.11 Å². The van der Waals surface area contributed by atoms with Crippen LogP contribution in [0.4, 0.5) is 0 Å². The van der Waals surface area contributed by atoms with Gasteiger partial charge in [-0.1, -0.05) is 23.8 Å². The van der Waals surface area contributed by atoms with E-state index in [-0.39, 0.29) is 10.9 Å². The molecule has 0 aromatic heterocycles. The Balaban J connectivity index is 3.04. The number of amides is 1. The van der Waals surface area contributed by atoms with Crippen molar-refractivity contribution in [1.29, 1.82) is 0 Å². The fourth-order valence-corrected chi connectivity index (χ4v) is 1.49. The van der Waals surface area contributed by atoms with Gasteiger partial charge in [-0.25, -0.2) is 0 Å². The first-order chi connectivity index (χ1) is 8.27. The van der Waals surface area contributed by atoms with Crippen molar-refractivity contribution in [3.63, 3.8) is 0 Å². The molecule has 6 heteroatoms. The molecule has 0 spiro atoms. The normalized spacial score (nSPS) is 10.9. The fraction of sp³-hybridized carbons (Fsp3) is 0.333. The van der Waals surface area contributed by atoms with Crippen molar-refractivity contribution in [2.45, 2.75) is 19.4 Å². The van der Waals surface area contributed by atoms with Gasteiger partial charge in [0.25, 0.3) is 5.91 Å². The monoisotopic (exact) mass is 286 g/mol. The van der Waals surface area contributed by atoms with Gasteiger partial charge in [-0.3, -0.25) is 4.79 Å². The van der Waals surface area contributed by atoms with E-state index in [0.717, 1.165) is 0 Å². The van der Waals surface area contributed by atoms with Gasteiger partial charge in [0.1, 0.15) is 5.75 Å². The zero-order valence-electron chi connectivity index (χ0n) is 10.4. The van der Waals surface area contributed by atoms with Crippen LogP contribution in [0.2, 0.25) is 5.02 Å². The molecule has 4 nitrogen and oxygen atoms in total. The van der Waals surface area contributed by atoms with Gasteiger partial charge in [0.2, 0.25) is 0 Å². The summed E-state index contributed by atoms with van der Waals surface area (Å²) < 4.78 is 5.11. The van der Waals surface area contributed by atoms with E-state index >= 15 is 0 Å². The van der Waals surface area contributed by atoms with E-state index in [9.17, 15) is 4.79 Å². The molecule has 0 bridgehead atoms. The topological polar surface area (TPSA) is 64.3 Å². The van der Waals surface area contributed by atoms with Crippen molar-refractivity contribution in [3.8, 4) is 5.75 Å². The number of hydrogen-bond acceptors (Lipinski definition) is 3. The second kappa shape index (κ2) is 5.54. The molecule has 0 radical (unpaired) electrons. The standard InChI is InChI=1S/C12H15ClN2O2S/c1-12(2,11(14)18)15-10(16)8-6-7(13)4-5-9(8)17-3/h4-6H,1-3H3,(H2,14,18)(H,15,16). The van der Waals surface area contributed by atoms with Crippen molar-refractivity contribution < 1.29 is 9.53 Å². The molecular formula is C12H15ClN2O2S. The van der Waals surface area contributed by atoms with Crippen molar-refractivity contribution in [3.05, 3.63) is 28.8 Å². The van der Waals surface area contributed by atoms with E-state index in [0.29, 0.717) is 16.3 Å². The molecule has 0 atom stereocenters. The van der Waals surface area contributed by atoms with Gasteiger partial charge in [-0.05, 0) is 32.0 Å².